The van der Waals surface area contributed by atoms with Crippen LogP contribution in [-0.4, -0.2) is 44.5 Å². The van der Waals surface area contributed by atoms with Crippen LogP contribution in [0.5, 0.6) is 5.75 Å². The maximum absolute atomic E-state index is 12.3. The number of para-hydroxylation sites is 1. The molecule has 120 valence electrons. The van der Waals surface area contributed by atoms with Crippen LogP contribution in [-0.2, 0) is 9.47 Å². The monoisotopic (exact) mass is 305 g/mol. The molecular weight excluding hydrogens is 282 g/mol. The number of ether oxygens (including phenoxy) is 3. The molecule has 0 spiro atoms. The van der Waals surface area contributed by atoms with Gasteiger partial charge in [0, 0.05) is 19.8 Å². The van der Waals surface area contributed by atoms with E-state index in [0.717, 1.165) is 38.9 Å². The second-order valence-corrected chi connectivity index (χ2v) is 5.79. The van der Waals surface area contributed by atoms with Gasteiger partial charge in [-0.25, -0.2) is 0 Å². The molecular formula is C17H23NO4. The van der Waals surface area contributed by atoms with Gasteiger partial charge in [0.25, 0.3) is 5.91 Å². The quantitative estimate of drug-likeness (QED) is 0.875. The Morgan fingerprint density at radius 3 is 2.59 bits per heavy atom. The number of amides is 1. The minimum atomic E-state index is -0.113. The zero-order valence-electron chi connectivity index (χ0n) is 12.8. The highest BCUT2D eigenvalue weighted by Gasteiger charge is 2.20. The molecule has 1 aromatic carbocycles. The third-order valence-corrected chi connectivity index (χ3v) is 4.09. The van der Waals surface area contributed by atoms with Crippen molar-refractivity contribution in [3.05, 3.63) is 29.8 Å². The minimum absolute atomic E-state index is 0.113. The van der Waals surface area contributed by atoms with Crippen LogP contribution in [0.1, 0.15) is 36.0 Å². The summed E-state index contributed by atoms with van der Waals surface area (Å²) >= 11 is 0. The van der Waals surface area contributed by atoms with Gasteiger partial charge in [-0.05, 0) is 37.8 Å². The van der Waals surface area contributed by atoms with Crippen molar-refractivity contribution in [2.75, 3.05) is 26.4 Å². The summed E-state index contributed by atoms with van der Waals surface area (Å²) in [5.41, 5.74) is 0.568. The first-order valence-electron chi connectivity index (χ1n) is 8.06. The second kappa shape index (κ2) is 7.61. The zero-order chi connectivity index (χ0) is 15.2. The topological polar surface area (TPSA) is 56.8 Å². The van der Waals surface area contributed by atoms with Crippen LogP contribution in [0.25, 0.3) is 0 Å². The fraction of sp³-hybridized carbons (Fsp3) is 0.588. The van der Waals surface area contributed by atoms with Gasteiger partial charge in [0.15, 0.2) is 0 Å². The molecule has 2 atom stereocenters. The maximum Gasteiger partial charge on any atom is 0.255 e. The number of nitrogens with one attached hydrogen (secondary N) is 1. The second-order valence-electron chi connectivity index (χ2n) is 5.79. The summed E-state index contributed by atoms with van der Waals surface area (Å²) in [5.74, 6) is 0.501. The van der Waals surface area contributed by atoms with Gasteiger partial charge in [0.2, 0.25) is 0 Å². The average Bonchev–Trinajstić information content (AvgIpc) is 3.24. The van der Waals surface area contributed by atoms with E-state index in [1.807, 2.05) is 18.2 Å². The van der Waals surface area contributed by atoms with Gasteiger partial charge in [-0.1, -0.05) is 12.1 Å². The first-order valence-corrected chi connectivity index (χ1v) is 8.06. The lowest BCUT2D eigenvalue weighted by molar-refractivity contribution is 0.0668. The Kier molecular flexibility index (Phi) is 5.29. The lowest BCUT2D eigenvalue weighted by Gasteiger charge is -2.15. The summed E-state index contributed by atoms with van der Waals surface area (Å²) in [5, 5.41) is 2.93. The Morgan fingerprint density at radius 1 is 1.14 bits per heavy atom. The van der Waals surface area contributed by atoms with Crippen LogP contribution in [0, 0.1) is 0 Å². The van der Waals surface area contributed by atoms with E-state index in [1.54, 1.807) is 6.07 Å². The standard InChI is InChI=1S/C17H23NO4/c19-17(18-11-13-5-3-9-20-13)15-7-1-2-8-16(15)22-12-14-6-4-10-21-14/h1-2,7-8,13-14H,3-6,9-12H2,(H,18,19)/t13-,14+/m1/s1. The van der Waals surface area contributed by atoms with Gasteiger partial charge in [-0.3, -0.25) is 4.79 Å². The lowest BCUT2D eigenvalue weighted by Crippen LogP contribution is -2.32. The van der Waals surface area contributed by atoms with Crippen molar-refractivity contribution in [3.63, 3.8) is 0 Å². The fourth-order valence-electron chi connectivity index (χ4n) is 2.85. The molecule has 1 amide bonds. The molecule has 2 aliphatic heterocycles. The predicted molar refractivity (Wildman–Crippen MR) is 82.2 cm³/mol. The van der Waals surface area contributed by atoms with Gasteiger partial charge in [-0.15, -0.1) is 0 Å². The van der Waals surface area contributed by atoms with Crippen molar-refractivity contribution in [2.45, 2.75) is 37.9 Å². The predicted octanol–water partition coefficient (Wildman–Crippen LogP) is 2.15. The number of rotatable bonds is 6. The Bertz CT molecular complexity index is 493. The van der Waals surface area contributed by atoms with Crippen molar-refractivity contribution in [1.29, 1.82) is 0 Å². The summed E-state index contributed by atoms with van der Waals surface area (Å²) in [6.07, 6.45) is 4.47. The molecule has 1 N–H and O–H groups in total. The molecule has 5 nitrogen and oxygen atoms in total. The molecule has 0 radical (unpaired) electrons. The average molecular weight is 305 g/mol. The third kappa shape index (κ3) is 3.99. The molecule has 2 heterocycles. The van der Waals surface area contributed by atoms with Crippen molar-refractivity contribution < 1.29 is 19.0 Å². The van der Waals surface area contributed by atoms with E-state index in [4.69, 9.17) is 14.2 Å². The Balaban J connectivity index is 1.55. The van der Waals surface area contributed by atoms with Crippen molar-refractivity contribution in [1.82, 2.24) is 5.32 Å². The Morgan fingerprint density at radius 2 is 1.86 bits per heavy atom. The molecule has 2 fully saturated rings. The molecule has 0 bridgehead atoms. The van der Waals surface area contributed by atoms with E-state index < -0.39 is 0 Å². The van der Waals surface area contributed by atoms with Crippen molar-refractivity contribution >= 4 is 5.91 Å². The summed E-state index contributed by atoms with van der Waals surface area (Å²) < 4.78 is 16.9. The molecule has 2 saturated heterocycles. The van der Waals surface area contributed by atoms with Crippen LogP contribution < -0.4 is 10.1 Å². The van der Waals surface area contributed by atoms with E-state index in [9.17, 15) is 4.79 Å². The number of carbonyl (C=O) groups is 1. The van der Waals surface area contributed by atoms with E-state index in [2.05, 4.69) is 5.32 Å². The zero-order valence-corrected chi connectivity index (χ0v) is 12.8. The van der Waals surface area contributed by atoms with Crippen LogP contribution in [0.4, 0.5) is 0 Å². The molecule has 2 aliphatic rings. The van der Waals surface area contributed by atoms with Crippen LogP contribution in [0.3, 0.4) is 0 Å². The highest BCUT2D eigenvalue weighted by molar-refractivity contribution is 5.96. The van der Waals surface area contributed by atoms with E-state index in [0.29, 0.717) is 24.5 Å². The molecule has 0 unspecified atom stereocenters. The van der Waals surface area contributed by atoms with Crippen molar-refractivity contribution in [3.8, 4) is 5.75 Å². The van der Waals surface area contributed by atoms with Gasteiger partial charge in [0.1, 0.15) is 12.4 Å². The molecule has 0 aliphatic carbocycles. The largest absolute Gasteiger partial charge is 0.490 e. The van der Waals surface area contributed by atoms with Crippen molar-refractivity contribution in [2.24, 2.45) is 0 Å². The first kappa shape index (κ1) is 15.3. The van der Waals surface area contributed by atoms with Gasteiger partial charge in [-0.2, -0.15) is 0 Å². The first-order chi connectivity index (χ1) is 10.8. The maximum atomic E-state index is 12.3. The van der Waals surface area contributed by atoms with Gasteiger partial charge < -0.3 is 19.5 Å². The van der Waals surface area contributed by atoms with Gasteiger partial charge in [0.05, 0.1) is 17.8 Å². The smallest absolute Gasteiger partial charge is 0.255 e. The summed E-state index contributed by atoms with van der Waals surface area (Å²) in [4.78, 5) is 12.3. The number of benzene rings is 1. The molecule has 22 heavy (non-hydrogen) atoms. The summed E-state index contributed by atoms with van der Waals surface area (Å²) in [7, 11) is 0. The normalized spacial score (nSPS) is 24.4. The molecule has 3 rings (SSSR count). The third-order valence-electron chi connectivity index (χ3n) is 4.09. The van der Waals surface area contributed by atoms with Crippen LogP contribution >= 0.6 is 0 Å². The molecule has 0 aromatic heterocycles. The SMILES string of the molecule is O=C(NC[C@H]1CCCO1)c1ccccc1OC[C@@H]1CCCO1. The fourth-order valence-corrected chi connectivity index (χ4v) is 2.85. The molecule has 5 heteroatoms. The molecule has 1 aromatic rings. The van der Waals surface area contributed by atoms with E-state index in [-0.39, 0.29) is 18.1 Å². The van der Waals surface area contributed by atoms with E-state index >= 15 is 0 Å². The number of hydrogen-bond acceptors (Lipinski definition) is 4. The Labute approximate surface area is 130 Å². The number of carbonyl (C=O) groups excluding carboxylic acids is 1. The molecule has 0 saturated carbocycles. The summed E-state index contributed by atoms with van der Waals surface area (Å²) in [6.45, 7) is 2.65. The van der Waals surface area contributed by atoms with Crippen LogP contribution in [0.2, 0.25) is 0 Å². The highest BCUT2D eigenvalue weighted by Crippen LogP contribution is 2.20. The van der Waals surface area contributed by atoms with Crippen LogP contribution in [0.15, 0.2) is 24.3 Å². The highest BCUT2D eigenvalue weighted by atomic mass is 16.5. The minimum Gasteiger partial charge on any atom is -0.490 e. The van der Waals surface area contributed by atoms with Gasteiger partial charge >= 0.3 is 0 Å². The summed E-state index contributed by atoms with van der Waals surface area (Å²) in [6, 6.07) is 7.34. The number of hydrogen-bond donors (Lipinski definition) is 1. The van der Waals surface area contributed by atoms with E-state index in [1.165, 1.54) is 0 Å². The Hall–Kier alpha value is -1.59. The lowest BCUT2D eigenvalue weighted by atomic mass is 10.1.